The molecule has 2 N–H and O–H groups in total. The molecule has 25 heavy (non-hydrogen) atoms. The van der Waals surface area contributed by atoms with Crippen LogP contribution >= 0.6 is 15.9 Å². The summed E-state index contributed by atoms with van der Waals surface area (Å²) in [6, 6.07) is 8.51. The topological polar surface area (TPSA) is 76.4 Å². The quantitative estimate of drug-likeness (QED) is 0.585. The Kier molecular flexibility index (Phi) is 6.04. The molecule has 2 aromatic rings. The maximum atomic E-state index is 5.11. The van der Waals surface area contributed by atoms with Gasteiger partial charge in [0.15, 0.2) is 11.8 Å². The number of fused-ring (bicyclic) bond motifs is 1. The van der Waals surface area contributed by atoms with Crippen LogP contribution in [0.5, 0.6) is 0 Å². The zero-order valence-electron chi connectivity index (χ0n) is 14.5. The molecule has 0 radical (unpaired) electrons. The van der Waals surface area contributed by atoms with E-state index >= 15 is 0 Å². The number of hydrogen-bond donors (Lipinski definition) is 2. The number of aromatic nitrogens is 3. The highest BCUT2D eigenvalue weighted by atomic mass is 79.9. The van der Waals surface area contributed by atoms with Crippen LogP contribution < -0.4 is 10.6 Å². The van der Waals surface area contributed by atoms with Crippen molar-refractivity contribution < 1.29 is 4.74 Å². The van der Waals surface area contributed by atoms with Crippen LogP contribution in [0.1, 0.15) is 23.6 Å². The number of rotatable bonds is 5. The molecule has 2 heterocycles. The van der Waals surface area contributed by atoms with Crippen LogP contribution in [0.2, 0.25) is 0 Å². The molecule has 0 fully saturated rings. The highest BCUT2D eigenvalue weighted by Crippen LogP contribution is 2.14. The molecule has 1 aliphatic heterocycles. The van der Waals surface area contributed by atoms with Crippen molar-refractivity contribution in [2.75, 3.05) is 14.2 Å². The Bertz CT molecular complexity index is 744. The Hall–Kier alpha value is -1.93. The van der Waals surface area contributed by atoms with E-state index in [1.54, 1.807) is 14.2 Å². The fourth-order valence-corrected chi connectivity index (χ4v) is 3.34. The maximum absolute atomic E-state index is 5.11. The molecule has 1 unspecified atom stereocenters. The molecule has 0 saturated carbocycles. The summed E-state index contributed by atoms with van der Waals surface area (Å²) >= 11 is 3.50. The van der Waals surface area contributed by atoms with Crippen molar-refractivity contribution in [3.8, 4) is 0 Å². The molecule has 8 heteroatoms. The third kappa shape index (κ3) is 4.79. The summed E-state index contributed by atoms with van der Waals surface area (Å²) in [6.07, 6.45) is 1.90. The number of halogens is 1. The van der Waals surface area contributed by atoms with E-state index in [4.69, 9.17) is 4.74 Å². The first-order chi connectivity index (χ1) is 12.2. The number of ether oxygens (including phenoxy) is 1. The summed E-state index contributed by atoms with van der Waals surface area (Å²) in [7, 11) is 3.45. The molecule has 0 aliphatic carbocycles. The molecule has 1 aliphatic rings. The van der Waals surface area contributed by atoms with Crippen molar-refractivity contribution >= 4 is 21.9 Å². The Morgan fingerprint density at radius 3 is 3.12 bits per heavy atom. The van der Waals surface area contributed by atoms with E-state index in [-0.39, 0.29) is 6.04 Å². The summed E-state index contributed by atoms with van der Waals surface area (Å²) in [5, 5.41) is 11.3. The van der Waals surface area contributed by atoms with Crippen LogP contribution in [-0.2, 0) is 30.9 Å². The first-order valence-corrected chi connectivity index (χ1v) is 9.10. The molecule has 1 aromatic carbocycles. The lowest BCUT2D eigenvalue weighted by atomic mass is 10.1. The van der Waals surface area contributed by atoms with Crippen LogP contribution in [-0.4, -0.2) is 40.9 Å². The van der Waals surface area contributed by atoms with Crippen molar-refractivity contribution in [3.05, 3.63) is 46.0 Å². The van der Waals surface area contributed by atoms with Gasteiger partial charge in [-0.15, -0.1) is 0 Å². The van der Waals surface area contributed by atoms with E-state index in [1.165, 1.54) is 5.56 Å². The number of methoxy groups -OCH3 is 1. The number of aliphatic imine (C=N–C) groups is 1. The summed E-state index contributed by atoms with van der Waals surface area (Å²) in [5.74, 6) is 2.57. The molecule has 0 amide bonds. The van der Waals surface area contributed by atoms with Crippen molar-refractivity contribution in [3.63, 3.8) is 0 Å². The number of benzene rings is 1. The number of nitrogens with one attached hydrogen (secondary N) is 2. The van der Waals surface area contributed by atoms with Gasteiger partial charge in [-0.25, -0.2) is 9.67 Å². The average molecular weight is 407 g/mol. The van der Waals surface area contributed by atoms with Gasteiger partial charge < -0.3 is 15.4 Å². The minimum atomic E-state index is 0.276. The maximum Gasteiger partial charge on any atom is 0.191 e. The van der Waals surface area contributed by atoms with Gasteiger partial charge in [0.05, 0.1) is 6.54 Å². The SMILES string of the molecule is CN=C(NCc1cccc(Br)c1)NC1CCc2nc(COC)nn2C1. The van der Waals surface area contributed by atoms with E-state index in [9.17, 15) is 0 Å². The number of guanidine groups is 1. The minimum Gasteiger partial charge on any atom is -0.377 e. The van der Waals surface area contributed by atoms with Gasteiger partial charge in [-0.05, 0) is 24.1 Å². The van der Waals surface area contributed by atoms with Gasteiger partial charge in [0.25, 0.3) is 0 Å². The lowest BCUT2D eigenvalue weighted by Crippen LogP contribution is -2.46. The van der Waals surface area contributed by atoms with Crippen molar-refractivity contribution in [1.29, 1.82) is 0 Å². The molecule has 0 spiro atoms. The Balaban J connectivity index is 1.55. The zero-order valence-corrected chi connectivity index (χ0v) is 16.1. The summed E-state index contributed by atoms with van der Waals surface area (Å²) < 4.78 is 8.16. The van der Waals surface area contributed by atoms with Gasteiger partial charge in [0.1, 0.15) is 12.4 Å². The number of aryl methyl sites for hydroxylation is 1. The van der Waals surface area contributed by atoms with E-state index in [1.807, 2.05) is 16.8 Å². The Morgan fingerprint density at radius 2 is 2.36 bits per heavy atom. The molecule has 1 atom stereocenters. The predicted molar refractivity (Wildman–Crippen MR) is 100 cm³/mol. The number of hydrogen-bond acceptors (Lipinski definition) is 4. The molecular weight excluding hydrogens is 384 g/mol. The lowest BCUT2D eigenvalue weighted by Gasteiger charge is -2.25. The normalized spacial score (nSPS) is 17.2. The highest BCUT2D eigenvalue weighted by molar-refractivity contribution is 9.10. The molecule has 0 saturated heterocycles. The zero-order chi connectivity index (χ0) is 17.6. The largest absolute Gasteiger partial charge is 0.377 e. The predicted octanol–water partition coefficient (Wildman–Crippen LogP) is 1.87. The summed E-state index contributed by atoms with van der Waals surface area (Å²) in [6.45, 7) is 1.95. The molecule has 7 nitrogen and oxygen atoms in total. The third-order valence-corrected chi connectivity index (χ3v) is 4.58. The fourth-order valence-electron chi connectivity index (χ4n) is 2.89. The second-order valence-electron chi connectivity index (χ2n) is 6.00. The summed E-state index contributed by atoms with van der Waals surface area (Å²) in [4.78, 5) is 8.83. The van der Waals surface area contributed by atoms with Crippen LogP contribution in [0.25, 0.3) is 0 Å². The van der Waals surface area contributed by atoms with Gasteiger partial charge >= 0.3 is 0 Å². The molecule has 3 rings (SSSR count). The van der Waals surface area contributed by atoms with Crippen molar-refractivity contribution in [2.24, 2.45) is 4.99 Å². The van der Waals surface area contributed by atoms with E-state index in [0.717, 1.165) is 48.0 Å². The minimum absolute atomic E-state index is 0.276. The second-order valence-corrected chi connectivity index (χ2v) is 6.91. The smallest absolute Gasteiger partial charge is 0.191 e. The van der Waals surface area contributed by atoms with Gasteiger partial charge in [0.2, 0.25) is 0 Å². The van der Waals surface area contributed by atoms with Crippen molar-refractivity contribution in [1.82, 2.24) is 25.4 Å². The van der Waals surface area contributed by atoms with E-state index in [2.05, 4.69) is 53.8 Å². The first-order valence-electron chi connectivity index (χ1n) is 8.31. The average Bonchev–Trinajstić information content (AvgIpc) is 3.00. The van der Waals surface area contributed by atoms with Gasteiger partial charge in [0, 0.05) is 37.6 Å². The van der Waals surface area contributed by atoms with Crippen LogP contribution in [0.15, 0.2) is 33.7 Å². The third-order valence-electron chi connectivity index (χ3n) is 4.09. The monoisotopic (exact) mass is 406 g/mol. The second kappa shape index (κ2) is 8.44. The van der Waals surface area contributed by atoms with Gasteiger partial charge in [-0.3, -0.25) is 4.99 Å². The lowest BCUT2D eigenvalue weighted by molar-refractivity contribution is 0.177. The van der Waals surface area contributed by atoms with Crippen LogP contribution in [0.3, 0.4) is 0 Å². The Labute approximate surface area is 156 Å². The molecule has 0 bridgehead atoms. The Morgan fingerprint density at radius 1 is 1.48 bits per heavy atom. The first kappa shape index (κ1) is 17.9. The van der Waals surface area contributed by atoms with Crippen LogP contribution in [0.4, 0.5) is 0 Å². The summed E-state index contributed by atoms with van der Waals surface area (Å²) in [5.41, 5.74) is 1.20. The molecule has 1 aromatic heterocycles. The van der Waals surface area contributed by atoms with Gasteiger partial charge in [-0.2, -0.15) is 5.10 Å². The highest BCUT2D eigenvalue weighted by Gasteiger charge is 2.22. The van der Waals surface area contributed by atoms with E-state index < -0.39 is 0 Å². The van der Waals surface area contributed by atoms with E-state index in [0.29, 0.717) is 6.61 Å². The van der Waals surface area contributed by atoms with Gasteiger partial charge in [-0.1, -0.05) is 28.1 Å². The van der Waals surface area contributed by atoms with Crippen molar-refractivity contribution in [2.45, 2.75) is 38.6 Å². The molecular formula is C17H23BrN6O. The fraction of sp³-hybridized carbons (Fsp3) is 0.471. The number of nitrogens with zero attached hydrogens (tertiary/aromatic N) is 4. The molecule has 134 valence electrons. The van der Waals surface area contributed by atoms with Crippen LogP contribution in [0, 0.1) is 0 Å². The standard InChI is InChI=1S/C17H23BrN6O/c1-19-17(20-9-12-4-3-5-13(18)8-12)21-14-6-7-16-22-15(11-25-2)23-24(16)10-14/h3-5,8,14H,6-7,9-11H2,1-2H3,(H2,19,20,21).